The summed E-state index contributed by atoms with van der Waals surface area (Å²) in [6, 6.07) is 0. The van der Waals surface area contributed by atoms with Crippen LogP contribution in [0.4, 0.5) is 52.7 Å². The monoisotopic (exact) mass is 500 g/mol. The topological polar surface area (TPSA) is 63.6 Å². The first-order chi connectivity index (χ1) is 13.9. The highest BCUT2D eigenvalue weighted by Gasteiger charge is 2.50. The van der Waals surface area contributed by atoms with Gasteiger partial charge in [-0.3, -0.25) is 0 Å². The van der Waals surface area contributed by atoms with Crippen molar-refractivity contribution in [3.8, 4) is 0 Å². The van der Waals surface area contributed by atoms with Gasteiger partial charge in [-0.2, -0.15) is 43.9 Å². The van der Waals surface area contributed by atoms with Crippen LogP contribution in [-0.2, 0) is 14.3 Å². The normalized spacial score (nSPS) is 15.2. The summed E-state index contributed by atoms with van der Waals surface area (Å²) in [7, 11) is 0. The number of ether oxygens (including phenoxy) is 1. The molecule has 2 unspecified atom stereocenters. The van der Waals surface area contributed by atoms with Gasteiger partial charge in [0.1, 0.15) is 0 Å². The molecule has 0 amide bonds. The molecule has 0 heterocycles. The van der Waals surface area contributed by atoms with Gasteiger partial charge >= 0.3 is 30.4 Å². The second-order valence-corrected chi connectivity index (χ2v) is 6.11. The molecule has 188 valence electrons. The van der Waals surface area contributed by atoms with Crippen molar-refractivity contribution in [2.45, 2.75) is 63.4 Å². The summed E-state index contributed by atoms with van der Waals surface area (Å²) in [4.78, 5) is 20.7. The van der Waals surface area contributed by atoms with Crippen LogP contribution in [0.3, 0.4) is 0 Å². The minimum atomic E-state index is -5.11. The molecule has 0 aromatic heterocycles. The fourth-order valence-electron chi connectivity index (χ4n) is 1.38. The number of hydrogen-bond acceptors (Lipinski definition) is 3. The standard InChI is InChI=1S/2C8H8F6O2/c1-4(2)6(15)16-8(13,14)5(9)3-7(10,11)12;1-4(6(15)16)2-7(10,11)5(9)3-8(12,13)14/h5H,1,3H2,2H3;2,5H,3H2,1H3,(H,15,16). The van der Waals surface area contributed by atoms with Crippen molar-refractivity contribution in [1.29, 1.82) is 0 Å². The number of halogens is 12. The molecule has 0 spiro atoms. The van der Waals surface area contributed by atoms with Gasteiger partial charge in [-0.05, 0) is 19.9 Å². The second kappa shape index (κ2) is 11.4. The number of carboxylic acid groups (broad SMARTS) is 1. The molecule has 0 saturated heterocycles. The van der Waals surface area contributed by atoms with Gasteiger partial charge in [0, 0.05) is 11.1 Å². The van der Waals surface area contributed by atoms with E-state index in [9.17, 15) is 62.3 Å². The number of carbonyl (C=O) groups is 2. The Hall–Kier alpha value is -2.42. The summed E-state index contributed by atoms with van der Waals surface area (Å²) >= 11 is 0. The van der Waals surface area contributed by atoms with Crippen LogP contribution in [0, 0.1) is 0 Å². The first-order valence-electron chi connectivity index (χ1n) is 7.90. The SMILES string of the molecule is C=C(C)C(=O)OC(F)(F)C(F)CC(F)(F)F.CC(=CC(F)(F)C(F)CC(F)(F)F)C(=O)O. The van der Waals surface area contributed by atoms with E-state index < -0.39 is 72.7 Å². The van der Waals surface area contributed by atoms with Crippen LogP contribution in [0.15, 0.2) is 23.8 Å². The molecule has 0 rings (SSSR count). The fraction of sp³-hybridized carbons (Fsp3) is 0.625. The van der Waals surface area contributed by atoms with E-state index in [0.29, 0.717) is 0 Å². The van der Waals surface area contributed by atoms with E-state index in [2.05, 4.69) is 11.3 Å². The maximum atomic E-state index is 12.7. The van der Waals surface area contributed by atoms with E-state index >= 15 is 0 Å². The molecule has 32 heavy (non-hydrogen) atoms. The lowest BCUT2D eigenvalue weighted by Crippen LogP contribution is -2.38. The molecular formula is C16H16F12O4. The number of carboxylic acids is 1. The van der Waals surface area contributed by atoms with Crippen LogP contribution < -0.4 is 0 Å². The Balaban J connectivity index is 0. The number of rotatable bonds is 8. The quantitative estimate of drug-likeness (QED) is 0.255. The van der Waals surface area contributed by atoms with Gasteiger partial charge in [-0.25, -0.2) is 18.4 Å². The van der Waals surface area contributed by atoms with Crippen LogP contribution >= 0.6 is 0 Å². The minimum absolute atomic E-state index is 0.328. The number of allylic oxidation sites excluding steroid dienone is 1. The molecule has 0 radical (unpaired) electrons. The summed E-state index contributed by atoms with van der Waals surface area (Å²) in [6.45, 7) is 4.65. The molecule has 0 aliphatic rings. The molecule has 2 atom stereocenters. The van der Waals surface area contributed by atoms with Gasteiger partial charge in [0.15, 0.2) is 6.17 Å². The van der Waals surface area contributed by atoms with Crippen LogP contribution in [0.2, 0.25) is 0 Å². The van der Waals surface area contributed by atoms with Crippen LogP contribution in [0.25, 0.3) is 0 Å². The van der Waals surface area contributed by atoms with E-state index in [1.54, 1.807) is 0 Å². The second-order valence-electron chi connectivity index (χ2n) is 6.11. The van der Waals surface area contributed by atoms with Gasteiger partial charge in [-0.1, -0.05) is 6.58 Å². The van der Waals surface area contributed by atoms with E-state index in [-0.39, 0.29) is 6.08 Å². The summed E-state index contributed by atoms with van der Waals surface area (Å²) in [6.07, 6.45) is -27.2. The predicted molar refractivity (Wildman–Crippen MR) is 83.3 cm³/mol. The largest absolute Gasteiger partial charge is 0.478 e. The van der Waals surface area contributed by atoms with Gasteiger partial charge in [0.2, 0.25) is 6.17 Å². The molecule has 0 bridgehead atoms. The van der Waals surface area contributed by atoms with Crippen LogP contribution in [0.5, 0.6) is 0 Å². The molecule has 0 fully saturated rings. The number of aliphatic carboxylic acids is 1. The van der Waals surface area contributed by atoms with Crippen molar-refractivity contribution in [3.05, 3.63) is 23.8 Å². The van der Waals surface area contributed by atoms with E-state index in [1.807, 2.05) is 0 Å². The zero-order valence-electron chi connectivity index (χ0n) is 16.1. The van der Waals surface area contributed by atoms with Crippen LogP contribution in [0.1, 0.15) is 26.7 Å². The van der Waals surface area contributed by atoms with E-state index in [4.69, 9.17) is 5.11 Å². The average molecular weight is 500 g/mol. The molecule has 0 saturated carbocycles. The molecule has 16 heteroatoms. The smallest absolute Gasteiger partial charge is 0.432 e. The third-order valence-electron chi connectivity index (χ3n) is 2.93. The molecular weight excluding hydrogens is 484 g/mol. The molecule has 0 aliphatic heterocycles. The number of carbonyl (C=O) groups excluding carboxylic acids is 1. The molecule has 0 aromatic carbocycles. The Labute approximate surface area is 172 Å². The Bertz CT molecular complexity index is 694. The summed E-state index contributed by atoms with van der Waals surface area (Å²) in [5.41, 5.74) is -1.39. The lowest BCUT2D eigenvalue weighted by molar-refractivity contribution is -0.275. The molecule has 0 aliphatic carbocycles. The lowest BCUT2D eigenvalue weighted by atomic mass is 10.1. The zero-order chi connectivity index (χ0) is 26.3. The van der Waals surface area contributed by atoms with Crippen molar-refractivity contribution in [1.82, 2.24) is 0 Å². The highest BCUT2D eigenvalue weighted by molar-refractivity contribution is 5.87. The summed E-state index contributed by atoms with van der Waals surface area (Å²) in [5.74, 6) is -7.87. The summed E-state index contributed by atoms with van der Waals surface area (Å²) in [5, 5.41) is 8.21. The number of hydrogen-bond donors (Lipinski definition) is 1. The average Bonchev–Trinajstić information content (AvgIpc) is 2.51. The minimum Gasteiger partial charge on any atom is -0.478 e. The van der Waals surface area contributed by atoms with Gasteiger partial charge in [0.25, 0.3) is 5.92 Å². The van der Waals surface area contributed by atoms with Crippen molar-refractivity contribution in [2.24, 2.45) is 0 Å². The Morgan fingerprint density at radius 3 is 1.56 bits per heavy atom. The first-order valence-corrected chi connectivity index (χ1v) is 7.90. The Morgan fingerprint density at radius 2 is 1.25 bits per heavy atom. The van der Waals surface area contributed by atoms with Crippen LogP contribution in [-0.4, -0.2) is 53.8 Å². The predicted octanol–water partition coefficient (Wildman–Crippen LogP) is 5.93. The Kier molecular flexibility index (Phi) is 11.4. The maximum absolute atomic E-state index is 12.7. The first kappa shape index (κ1) is 31.8. The van der Waals surface area contributed by atoms with Crippen molar-refractivity contribution >= 4 is 11.9 Å². The van der Waals surface area contributed by atoms with Crippen molar-refractivity contribution in [3.63, 3.8) is 0 Å². The third-order valence-corrected chi connectivity index (χ3v) is 2.93. The van der Waals surface area contributed by atoms with E-state index in [1.165, 1.54) is 0 Å². The molecule has 0 aromatic rings. The van der Waals surface area contributed by atoms with Gasteiger partial charge in [0.05, 0.1) is 12.8 Å². The highest BCUT2D eigenvalue weighted by Crippen LogP contribution is 2.34. The molecule has 4 nitrogen and oxygen atoms in total. The number of alkyl halides is 12. The van der Waals surface area contributed by atoms with Crippen molar-refractivity contribution < 1.29 is 72.1 Å². The fourth-order valence-corrected chi connectivity index (χ4v) is 1.38. The molecule has 1 N–H and O–H groups in total. The highest BCUT2D eigenvalue weighted by atomic mass is 19.4. The lowest BCUT2D eigenvalue weighted by Gasteiger charge is -2.21. The Morgan fingerprint density at radius 1 is 0.875 bits per heavy atom. The number of esters is 1. The summed E-state index contributed by atoms with van der Waals surface area (Å²) < 4.78 is 149. The van der Waals surface area contributed by atoms with Crippen molar-refractivity contribution in [2.75, 3.05) is 0 Å². The zero-order valence-corrected chi connectivity index (χ0v) is 16.1. The third kappa shape index (κ3) is 13.8. The van der Waals surface area contributed by atoms with E-state index in [0.717, 1.165) is 13.8 Å². The van der Waals surface area contributed by atoms with Gasteiger partial charge in [-0.15, -0.1) is 0 Å². The van der Waals surface area contributed by atoms with Gasteiger partial charge < -0.3 is 9.84 Å². The maximum Gasteiger partial charge on any atom is 0.432 e.